The van der Waals surface area contributed by atoms with Crippen molar-refractivity contribution in [1.29, 1.82) is 0 Å². The van der Waals surface area contributed by atoms with E-state index in [9.17, 15) is 4.57 Å². The maximum Gasteiger partial charge on any atom is 0.470 e. The van der Waals surface area contributed by atoms with Gasteiger partial charge in [0.1, 0.15) is 0 Å². The Labute approximate surface area is 124 Å². The fourth-order valence-corrected chi connectivity index (χ4v) is 2.63. The van der Waals surface area contributed by atoms with Crippen molar-refractivity contribution < 1.29 is 18.9 Å². The lowest BCUT2D eigenvalue weighted by molar-refractivity contribution is 0.133. The molecule has 112 valence electrons. The molecule has 2 aromatic carbocycles. The number of aryl methyl sites for hydroxylation is 2. The normalized spacial score (nSPS) is 13.1. The van der Waals surface area contributed by atoms with E-state index < -0.39 is 13.9 Å². The summed E-state index contributed by atoms with van der Waals surface area (Å²) in [4.78, 5) is 18.2. The second-order valence-electron chi connectivity index (χ2n) is 5.19. The minimum Gasteiger partial charge on any atom is -0.303 e. The molecule has 2 N–H and O–H groups in total. The van der Waals surface area contributed by atoms with Crippen LogP contribution in [0.4, 0.5) is 0 Å². The van der Waals surface area contributed by atoms with Gasteiger partial charge >= 0.3 is 7.82 Å². The average Bonchev–Trinajstić information content (AvgIpc) is 2.40. The predicted molar refractivity (Wildman–Crippen MR) is 81.9 cm³/mol. The number of phosphoric ester groups is 1. The van der Waals surface area contributed by atoms with E-state index in [1.165, 1.54) is 0 Å². The van der Waals surface area contributed by atoms with Crippen LogP contribution in [0.5, 0.6) is 0 Å². The number of phosphoric acid groups is 1. The third-order valence-electron chi connectivity index (χ3n) is 3.26. The summed E-state index contributed by atoms with van der Waals surface area (Å²) >= 11 is 0. The zero-order valence-corrected chi connectivity index (χ0v) is 13.0. The van der Waals surface area contributed by atoms with Gasteiger partial charge in [-0.2, -0.15) is 0 Å². The summed E-state index contributed by atoms with van der Waals surface area (Å²) in [5.74, 6) is 0. The Hall–Kier alpha value is -1.45. The standard InChI is InChI=1S/C16H19O4P/c1-12-3-7-14(8-4-12)11-16(20-21(17,18)19)15-9-5-13(2)6-10-15/h3-10,16H,11H2,1-2H3,(H2,17,18,19). The van der Waals surface area contributed by atoms with E-state index in [0.717, 1.165) is 22.3 Å². The summed E-state index contributed by atoms with van der Waals surface area (Å²) in [6, 6.07) is 15.3. The molecule has 0 fully saturated rings. The summed E-state index contributed by atoms with van der Waals surface area (Å²) < 4.78 is 16.2. The molecule has 0 aromatic heterocycles. The molecule has 0 saturated carbocycles. The molecule has 0 radical (unpaired) electrons. The van der Waals surface area contributed by atoms with Gasteiger partial charge in [0.25, 0.3) is 0 Å². The number of benzene rings is 2. The lowest BCUT2D eigenvalue weighted by Crippen LogP contribution is -2.07. The van der Waals surface area contributed by atoms with E-state index in [0.29, 0.717) is 6.42 Å². The number of hydrogen-bond acceptors (Lipinski definition) is 2. The van der Waals surface area contributed by atoms with Gasteiger partial charge < -0.3 is 9.79 Å². The van der Waals surface area contributed by atoms with Crippen molar-refractivity contribution >= 4 is 7.82 Å². The zero-order valence-electron chi connectivity index (χ0n) is 12.1. The van der Waals surface area contributed by atoms with Gasteiger partial charge in [0, 0.05) is 6.42 Å². The molecule has 0 heterocycles. The Kier molecular flexibility index (Phi) is 4.96. The Morgan fingerprint density at radius 2 is 1.43 bits per heavy atom. The molecule has 0 bridgehead atoms. The van der Waals surface area contributed by atoms with Crippen LogP contribution in [-0.2, 0) is 15.5 Å². The topological polar surface area (TPSA) is 66.8 Å². The number of hydrogen-bond donors (Lipinski definition) is 2. The zero-order chi connectivity index (χ0) is 15.5. The first kappa shape index (κ1) is 15.9. The molecular formula is C16H19O4P. The van der Waals surface area contributed by atoms with Crippen LogP contribution >= 0.6 is 7.82 Å². The van der Waals surface area contributed by atoms with E-state index >= 15 is 0 Å². The largest absolute Gasteiger partial charge is 0.470 e. The highest BCUT2D eigenvalue weighted by atomic mass is 31.2. The molecular weight excluding hydrogens is 287 g/mol. The molecule has 0 aliphatic heterocycles. The maximum atomic E-state index is 11.2. The summed E-state index contributed by atoms with van der Waals surface area (Å²) in [6.45, 7) is 3.95. The Balaban J connectivity index is 2.25. The second kappa shape index (κ2) is 6.54. The summed E-state index contributed by atoms with van der Waals surface area (Å²) in [6.07, 6.45) is -0.261. The summed E-state index contributed by atoms with van der Waals surface area (Å²) in [5.41, 5.74) is 3.95. The Bertz CT molecular complexity index is 628. The first-order chi connectivity index (χ1) is 9.83. The van der Waals surface area contributed by atoms with Crippen molar-refractivity contribution in [2.75, 3.05) is 0 Å². The van der Waals surface area contributed by atoms with Gasteiger partial charge in [-0.15, -0.1) is 0 Å². The van der Waals surface area contributed by atoms with Crippen LogP contribution in [-0.4, -0.2) is 9.79 Å². The van der Waals surface area contributed by atoms with E-state index in [-0.39, 0.29) is 0 Å². The lowest BCUT2D eigenvalue weighted by Gasteiger charge is -2.19. The first-order valence-corrected chi connectivity index (χ1v) is 8.22. The highest BCUT2D eigenvalue weighted by Crippen LogP contribution is 2.43. The van der Waals surface area contributed by atoms with Gasteiger partial charge in [-0.25, -0.2) is 4.57 Å². The van der Waals surface area contributed by atoms with E-state index in [1.54, 1.807) is 0 Å². The van der Waals surface area contributed by atoms with Crippen LogP contribution in [0.15, 0.2) is 48.5 Å². The minimum atomic E-state index is -4.55. The highest BCUT2D eigenvalue weighted by molar-refractivity contribution is 7.46. The third-order valence-corrected chi connectivity index (χ3v) is 3.78. The van der Waals surface area contributed by atoms with Gasteiger partial charge in [-0.3, -0.25) is 4.52 Å². The molecule has 5 heteroatoms. The van der Waals surface area contributed by atoms with Crippen LogP contribution in [0, 0.1) is 13.8 Å². The van der Waals surface area contributed by atoms with Gasteiger partial charge in [-0.1, -0.05) is 59.7 Å². The smallest absolute Gasteiger partial charge is 0.303 e. The van der Waals surface area contributed by atoms with Crippen molar-refractivity contribution in [2.24, 2.45) is 0 Å². The SMILES string of the molecule is Cc1ccc(CC(OP(=O)(O)O)c2ccc(C)cc2)cc1. The van der Waals surface area contributed by atoms with Crippen LogP contribution < -0.4 is 0 Å². The molecule has 0 aliphatic rings. The fraction of sp³-hybridized carbons (Fsp3) is 0.250. The lowest BCUT2D eigenvalue weighted by atomic mass is 10.00. The summed E-state index contributed by atoms with van der Waals surface area (Å²) in [7, 11) is -4.55. The molecule has 0 aliphatic carbocycles. The van der Waals surface area contributed by atoms with Crippen molar-refractivity contribution in [3.63, 3.8) is 0 Å². The molecule has 2 rings (SSSR count). The van der Waals surface area contributed by atoms with E-state index in [4.69, 9.17) is 14.3 Å². The molecule has 0 saturated heterocycles. The van der Waals surface area contributed by atoms with Crippen LogP contribution in [0.1, 0.15) is 28.4 Å². The molecule has 0 spiro atoms. The molecule has 21 heavy (non-hydrogen) atoms. The van der Waals surface area contributed by atoms with E-state index in [2.05, 4.69) is 0 Å². The van der Waals surface area contributed by atoms with Crippen molar-refractivity contribution in [1.82, 2.24) is 0 Å². The van der Waals surface area contributed by atoms with Crippen LogP contribution in [0.2, 0.25) is 0 Å². The predicted octanol–water partition coefficient (Wildman–Crippen LogP) is 3.70. The second-order valence-corrected chi connectivity index (χ2v) is 6.38. The maximum absolute atomic E-state index is 11.2. The fourth-order valence-electron chi connectivity index (χ4n) is 2.10. The van der Waals surface area contributed by atoms with Gasteiger partial charge in [0.2, 0.25) is 0 Å². The molecule has 1 atom stereocenters. The Morgan fingerprint density at radius 3 is 1.90 bits per heavy atom. The monoisotopic (exact) mass is 306 g/mol. The molecule has 1 unspecified atom stereocenters. The average molecular weight is 306 g/mol. The Morgan fingerprint density at radius 1 is 0.952 bits per heavy atom. The molecule has 2 aromatic rings. The van der Waals surface area contributed by atoms with Crippen molar-refractivity contribution in [3.8, 4) is 0 Å². The summed E-state index contributed by atoms with van der Waals surface area (Å²) in [5, 5.41) is 0. The van der Waals surface area contributed by atoms with Gasteiger partial charge in [0.15, 0.2) is 0 Å². The van der Waals surface area contributed by atoms with Gasteiger partial charge in [0.05, 0.1) is 6.10 Å². The number of rotatable bonds is 5. The highest BCUT2D eigenvalue weighted by Gasteiger charge is 2.24. The van der Waals surface area contributed by atoms with Crippen LogP contribution in [0.25, 0.3) is 0 Å². The van der Waals surface area contributed by atoms with Crippen LogP contribution in [0.3, 0.4) is 0 Å². The quantitative estimate of drug-likeness (QED) is 0.827. The minimum absolute atomic E-state index is 0.411. The van der Waals surface area contributed by atoms with Crippen molar-refractivity contribution in [3.05, 3.63) is 70.8 Å². The molecule has 4 nitrogen and oxygen atoms in total. The molecule has 0 amide bonds. The first-order valence-electron chi connectivity index (χ1n) is 6.69. The van der Waals surface area contributed by atoms with Crippen molar-refractivity contribution in [2.45, 2.75) is 26.4 Å². The van der Waals surface area contributed by atoms with Gasteiger partial charge in [-0.05, 0) is 25.0 Å². The third kappa shape index (κ3) is 5.10. The van der Waals surface area contributed by atoms with E-state index in [1.807, 2.05) is 62.4 Å².